The first-order chi connectivity index (χ1) is 7.89. The highest BCUT2D eigenvalue weighted by molar-refractivity contribution is 5.85. The lowest BCUT2D eigenvalue weighted by Gasteiger charge is -2.34. The predicted octanol–water partition coefficient (Wildman–Crippen LogP) is 2.86. The van der Waals surface area contributed by atoms with Crippen molar-refractivity contribution in [2.75, 3.05) is 19.6 Å². The van der Waals surface area contributed by atoms with Crippen LogP contribution in [-0.4, -0.2) is 30.1 Å². The van der Waals surface area contributed by atoms with Crippen LogP contribution in [0.25, 0.3) is 0 Å². The van der Waals surface area contributed by atoms with Gasteiger partial charge < -0.3 is 5.32 Å². The fourth-order valence-electron chi connectivity index (χ4n) is 3.26. The van der Waals surface area contributed by atoms with Crippen LogP contribution < -0.4 is 5.32 Å². The van der Waals surface area contributed by atoms with Crippen LogP contribution in [0.1, 0.15) is 24.8 Å². The maximum Gasteiger partial charge on any atom is 0.0350 e. The van der Waals surface area contributed by atoms with Gasteiger partial charge in [-0.05, 0) is 37.9 Å². The Morgan fingerprint density at radius 2 is 1.89 bits per heavy atom. The second-order valence-electron chi connectivity index (χ2n) is 5.16. The molecular weight excluding hydrogens is 267 g/mol. The minimum absolute atomic E-state index is 0. The molecule has 1 spiro atoms. The Hall–Kier alpha value is -0.280. The highest BCUT2D eigenvalue weighted by Crippen LogP contribution is 2.35. The van der Waals surface area contributed by atoms with Crippen molar-refractivity contribution in [3.8, 4) is 0 Å². The average Bonchev–Trinajstić information content (AvgIpc) is 2.93. The lowest BCUT2D eigenvalue weighted by molar-refractivity contribution is 0.148. The number of likely N-dealkylation sites (tertiary alicyclic amines) is 1. The molecule has 1 N–H and O–H groups in total. The molecule has 0 aliphatic carbocycles. The number of nitrogens with one attached hydrogen (secondary N) is 1. The fraction of sp³-hybridized carbons (Fsp3) is 0.571. The van der Waals surface area contributed by atoms with Crippen LogP contribution in [0, 0.1) is 0 Å². The van der Waals surface area contributed by atoms with E-state index in [1.165, 1.54) is 44.5 Å². The first kappa shape index (κ1) is 15.8. The molecule has 0 amide bonds. The van der Waals surface area contributed by atoms with E-state index in [1.54, 1.807) is 0 Å². The third-order valence-electron chi connectivity index (χ3n) is 4.18. The molecule has 0 saturated carbocycles. The van der Waals surface area contributed by atoms with Crippen molar-refractivity contribution in [2.24, 2.45) is 0 Å². The quantitative estimate of drug-likeness (QED) is 0.900. The van der Waals surface area contributed by atoms with E-state index in [9.17, 15) is 0 Å². The van der Waals surface area contributed by atoms with Gasteiger partial charge in [-0.25, -0.2) is 0 Å². The van der Waals surface area contributed by atoms with Gasteiger partial charge in [-0.1, -0.05) is 30.3 Å². The molecule has 2 heterocycles. The minimum atomic E-state index is 0. The molecule has 18 heavy (non-hydrogen) atoms. The molecule has 2 aliphatic heterocycles. The van der Waals surface area contributed by atoms with Gasteiger partial charge >= 0.3 is 0 Å². The lowest BCUT2D eigenvalue weighted by Crippen LogP contribution is -2.44. The molecule has 0 radical (unpaired) electrons. The Balaban J connectivity index is 0.000000810. The second-order valence-corrected chi connectivity index (χ2v) is 5.16. The van der Waals surface area contributed by atoms with Crippen molar-refractivity contribution in [3.63, 3.8) is 0 Å². The zero-order valence-electron chi connectivity index (χ0n) is 10.6. The van der Waals surface area contributed by atoms with E-state index in [2.05, 4.69) is 40.5 Å². The lowest BCUT2D eigenvalue weighted by atomic mass is 9.95. The Kier molecular flexibility index (Phi) is 5.93. The van der Waals surface area contributed by atoms with E-state index in [1.807, 2.05) is 0 Å². The van der Waals surface area contributed by atoms with Crippen molar-refractivity contribution >= 4 is 24.8 Å². The standard InChI is InChI=1S/C14H20N2.2ClH/c1-2-5-13(6-3-1)11-16-10-4-7-14(16)8-9-15-12-14;;/h1-3,5-6,15H,4,7-12H2;2*1H. The SMILES string of the molecule is Cl.Cl.c1ccc(CN2CCCC23CCNC3)cc1. The normalized spacial score (nSPS) is 26.9. The van der Waals surface area contributed by atoms with Crippen molar-refractivity contribution in [3.05, 3.63) is 35.9 Å². The monoisotopic (exact) mass is 288 g/mol. The number of benzene rings is 1. The summed E-state index contributed by atoms with van der Waals surface area (Å²) >= 11 is 0. The van der Waals surface area contributed by atoms with Gasteiger partial charge in [0.1, 0.15) is 0 Å². The van der Waals surface area contributed by atoms with Gasteiger partial charge in [-0.3, -0.25) is 4.90 Å². The Morgan fingerprint density at radius 3 is 2.56 bits per heavy atom. The summed E-state index contributed by atoms with van der Waals surface area (Å²) in [6.45, 7) is 4.80. The number of halogens is 2. The first-order valence-electron chi connectivity index (χ1n) is 6.39. The highest BCUT2D eigenvalue weighted by atomic mass is 35.5. The van der Waals surface area contributed by atoms with Gasteiger partial charge in [-0.15, -0.1) is 24.8 Å². The van der Waals surface area contributed by atoms with Crippen LogP contribution in [0.15, 0.2) is 30.3 Å². The molecule has 1 unspecified atom stereocenters. The number of nitrogens with zero attached hydrogens (tertiary/aromatic N) is 1. The zero-order chi connectivity index (χ0) is 10.8. The van der Waals surface area contributed by atoms with Gasteiger partial charge in [0.2, 0.25) is 0 Å². The van der Waals surface area contributed by atoms with E-state index < -0.39 is 0 Å². The predicted molar refractivity (Wildman–Crippen MR) is 80.8 cm³/mol. The molecule has 0 bridgehead atoms. The maximum absolute atomic E-state index is 3.53. The fourth-order valence-corrected chi connectivity index (χ4v) is 3.26. The summed E-state index contributed by atoms with van der Waals surface area (Å²) < 4.78 is 0. The van der Waals surface area contributed by atoms with Crippen LogP contribution >= 0.6 is 24.8 Å². The van der Waals surface area contributed by atoms with E-state index in [0.717, 1.165) is 6.54 Å². The summed E-state index contributed by atoms with van der Waals surface area (Å²) in [7, 11) is 0. The largest absolute Gasteiger partial charge is 0.315 e. The topological polar surface area (TPSA) is 15.3 Å². The molecule has 1 atom stereocenters. The molecule has 2 saturated heterocycles. The van der Waals surface area contributed by atoms with Gasteiger partial charge in [0.25, 0.3) is 0 Å². The van der Waals surface area contributed by atoms with Crippen LogP contribution in [-0.2, 0) is 6.54 Å². The number of hydrogen-bond acceptors (Lipinski definition) is 2. The molecule has 2 fully saturated rings. The number of rotatable bonds is 2. The first-order valence-corrected chi connectivity index (χ1v) is 6.39. The minimum Gasteiger partial charge on any atom is -0.315 e. The van der Waals surface area contributed by atoms with Crippen molar-refractivity contribution in [2.45, 2.75) is 31.3 Å². The third kappa shape index (κ3) is 3.00. The highest BCUT2D eigenvalue weighted by Gasteiger charge is 2.42. The third-order valence-corrected chi connectivity index (χ3v) is 4.18. The second kappa shape index (κ2) is 6.76. The maximum atomic E-state index is 3.53. The van der Waals surface area contributed by atoms with Gasteiger partial charge in [0, 0.05) is 18.6 Å². The summed E-state index contributed by atoms with van der Waals surface area (Å²) in [6.07, 6.45) is 4.08. The zero-order valence-corrected chi connectivity index (χ0v) is 12.2. The van der Waals surface area contributed by atoms with Crippen molar-refractivity contribution in [1.82, 2.24) is 10.2 Å². The molecule has 1 aromatic carbocycles. The van der Waals surface area contributed by atoms with Gasteiger partial charge in [0.05, 0.1) is 0 Å². The molecule has 1 aromatic rings. The van der Waals surface area contributed by atoms with Gasteiger partial charge in [0.15, 0.2) is 0 Å². The Labute approximate surface area is 122 Å². The average molecular weight is 289 g/mol. The molecular formula is C14H22Cl2N2. The van der Waals surface area contributed by atoms with Gasteiger partial charge in [-0.2, -0.15) is 0 Å². The molecule has 0 aromatic heterocycles. The molecule has 102 valence electrons. The molecule has 4 heteroatoms. The molecule has 2 aliphatic rings. The summed E-state index contributed by atoms with van der Waals surface area (Å²) in [5.74, 6) is 0. The van der Waals surface area contributed by atoms with Crippen molar-refractivity contribution in [1.29, 1.82) is 0 Å². The van der Waals surface area contributed by atoms with Crippen molar-refractivity contribution < 1.29 is 0 Å². The molecule has 2 nitrogen and oxygen atoms in total. The summed E-state index contributed by atoms with van der Waals surface area (Å²) in [6, 6.07) is 10.9. The summed E-state index contributed by atoms with van der Waals surface area (Å²) in [5.41, 5.74) is 1.94. The van der Waals surface area contributed by atoms with E-state index in [4.69, 9.17) is 0 Å². The Bertz CT molecular complexity index is 345. The van der Waals surface area contributed by atoms with Crippen LogP contribution in [0.5, 0.6) is 0 Å². The Morgan fingerprint density at radius 1 is 1.11 bits per heavy atom. The van der Waals surface area contributed by atoms with Crippen LogP contribution in [0.4, 0.5) is 0 Å². The smallest absolute Gasteiger partial charge is 0.0350 e. The van der Waals surface area contributed by atoms with Crippen LogP contribution in [0.2, 0.25) is 0 Å². The summed E-state index contributed by atoms with van der Waals surface area (Å²) in [5, 5.41) is 3.53. The summed E-state index contributed by atoms with van der Waals surface area (Å²) in [4.78, 5) is 2.70. The molecule has 3 rings (SSSR count). The van der Waals surface area contributed by atoms with E-state index in [0.29, 0.717) is 5.54 Å². The van der Waals surface area contributed by atoms with E-state index >= 15 is 0 Å². The van der Waals surface area contributed by atoms with Crippen LogP contribution in [0.3, 0.4) is 0 Å². The number of hydrogen-bond donors (Lipinski definition) is 1. The van der Waals surface area contributed by atoms with E-state index in [-0.39, 0.29) is 24.8 Å².